The van der Waals surface area contributed by atoms with E-state index in [0.717, 1.165) is 17.8 Å². The zero-order valence-corrected chi connectivity index (χ0v) is 12.7. The first kappa shape index (κ1) is 14.5. The summed E-state index contributed by atoms with van der Waals surface area (Å²) >= 11 is 0.980. The predicted molar refractivity (Wildman–Crippen MR) is 73.1 cm³/mol. The van der Waals surface area contributed by atoms with Gasteiger partial charge in [-0.15, -0.1) is 11.3 Å². The first-order valence-corrected chi connectivity index (χ1v) is 8.27. The number of carboxylic acids is 1. The number of carboxylic acid groups (broad SMARTS) is 1. The zero-order chi connectivity index (χ0) is 14.4. The summed E-state index contributed by atoms with van der Waals surface area (Å²) < 4.78 is 26.8. The quantitative estimate of drug-likeness (QED) is 0.872. The molecule has 2 rings (SSSR count). The minimum atomic E-state index is -3.61. The predicted octanol–water partition coefficient (Wildman–Crippen LogP) is 2.08. The number of thiophene rings is 1. The van der Waals surface area contributed by atoms with Crippen LogP contribution in [0.5, 0.6) is 0 Å². The fraction of sp³-hybridized carbons (Fsp3) is 0.583. The lowest BCUT2D eigenvalue weighted by atomic mass is 10.1. The van der Waals surface area contributed by atoms with Crippen molar-refractivity contribution in [1.29, 1.82) is 0 Å². The van der Waals surface area contributed by atoms with Gasteiger partial charge in [0.1, 0.15) is 4.88 Å². The van der Waals surface area contributed by atoms with Crippen molar-refractivity contribution in [2.24, 2.45) is 11.3 Å². The van der Waals surface area contributed by atoms with Crippen molar-refractivity contribution in [2.75, 3.05) is 6.54 Å². The Morgan fingerprint density at radius 2 is 2.16 bits per heavy atom. The van der Waals surface area contributed by atoms with Crippen LogP contribution in [0, 0.1) is 18.3 Å². The average molecular weight is 303 g/mol. The third kappa shape index (κ3) is 2.98. The number of nitrogens with one attached hydrogen (secondary N) is 1. The third-order valence-electron chi connectivity index (χ3n) is 3.61. The highest BCUT2D eigenvalue weighted by atomic mass is 32.2. The van der Waals surface area contributed by atoms with Gasteiger partial charge in [-0.3, -0.25) is 0 Å². The summed E-state index contributed by atoms with van der Waals surface area (Å²) in [7, 11) is -3.61. The molecule has 19 heavy (non-hydrogen) atoms. The fourth-order valence-corrected chi connectivity index (χ4v) is 4.56. The van der Waals surface area contributed by atoms with Gasteiger partial charge in [-0.25, -0.2) is 17.9 Å². The van der Waals surface area contributed by atoms with Gasteiger partial charge in [-0.05, 0) is 30.7 Å². The van der Waals surface area contributed by atoms with E-state index in [4.69, 9.17) is 5.11 Å². The molecule has 0 bridgehead atoms. The van der Waals surface area contributed by atoms with Crippen LogP contribution in [0.15, 0.2) is 11.0 Å². The molecule has 0 radical (unpaired) electrons. The third-order valence-corrected chi connectivity index (χ3v) is 6.33. The number of carbonyl (C=O) groups is 1. The van der Waals surface area contributed by atoms with E-state index in [1.807, 2.05) is 0 Å². The summed E-state index contributed by atoms with van der Waals surface area (Å²) in [6.45, 7) is 6.23. The van der Waals surface area contributed by atoms with Gasteiger partial charge in [0.15, 0.2) is 0 Å². The van der Waals surface area contributed by atoms with E-state index in [-0.39, 0.29) is 15.2 Å². The van der Waals surface area contributed by atoms with Gasteiger partial charge < -0.3 is 5.11 Å². The highest BCUT2D eigenvalue weighted by Gasteiger charge is 2.45. The molecule has 0 saturated heterocycles. The van der Waals surface area contributed by atoms with Crippen molar-refractivity contribution in [2.45, 2.75) is 32.1 Å². The van der Waals surface area contributed by atoms with E-state index in [1.165, 1.54) is 6.07 Å². The molecule has 1 aliphatic rings. The van der Waals surface area contributed by atoms with Gasteiger partial charge in [-0.2, -0.15) is 0 Å². The molecule has 1 saturated carbocycles. The Bertz CT molecular complexity index is 616. The lowest BCUT2D eigenvalue weighted by Gasteiger charge is -2.07. The van der Waals surface area contributed by atoms with Gasteiger partial charge in [0.2, 0.25) is 10.0 Å². The zero-order valence-electron chi connectivity index (χ0n) is 11.1. The maximum absolute atomic E-state index is 12.1. The number of hydrogen-bond donors (Lipinski definition) is 2. The number of sulfonamides is 1. The van der Waals surface area contributed by atoms with Crippen LogP contribution >= 0.6 is 11.3 Å². The Labute approximate surface area is 116 Å². The van der Waals surface area contributed by atoms with E-state index in [0.29, 0.717) is 17.3 Å². The number of hydrogen-bond acceptors (Lipinski definition) is 4. The van der Waals surface area contributed by atoms with Gasteiger partial charge >= 0.3 is 5.97 Å². The Hall–Kier alpha value is -0.920. The van der Waals surface area contributed by atoms with Crippen molar-refractivity contribution >= 4 is 27.3 Å². The molecule has 2 N–H and O–H groups in total. The van der Waals surface area contributed by atoms with Crippen LogP contribution in [0.3, 0.4) is 0 Å². The first-order chi connectivity index (χ1) is 8.63. The maximum atomic E-state index is 12.1. The topological polar surface area (TPSA) is 83.5 Å². The van der Waals surface area contributed by atoms with Crippen LogP contribution in [-0.2, 0) is 10.0 Å². The van der Waals surface area contributed by atoms with Gasteiger partial charge in [0, 0.05) is 11.4 Å². The first-order valence-electron chi connectivity index (χ1n) is 5.97. The largest absolute Gasteiger partial charge is 0.477 e. The highest BCUT2D eigenvalue weighted by Crippen LogP contribution is 2.51. The molecule has 1 aliphatic carbocycles. The molecule has 1 atom stereocenters. The Balaban J connectivity index is 2.13. The second-order valence-electron chi connectivity index (χ2n) is 5.58. The Morgan fingerprint density at radius 3 is 2.58 bits per heavy atom. The van der Waals surface area contributed by atoms with E-state index < -0.39 is 16.0 Å². The standard InChI is InChI=1S/C12H17NO4S2/c1-7-10(4-9(18-7)11(14)15)19(16,17)13-6-8-5-12(8,2)3/h4,8,13H,5-6H2,1-3H3,(H,14,15). The second-order valence-corrected chi connectivity index (χ2v) is 8.57. The van der Waals surface area contributed by atoms with Crippen LogP contribution in [0.1, 0.15) is 34.8 Å². The van der Waals surface area contributed by atoms with Crippen molar-refractivity contribution in [3.63, 3.8) is 0 Å². The Kier molecular flexibility index (Phi) is 3.49. The van der Waals surface area contributed by atoms with Crippen LogP contribution in [-0.4, -0.2) is 26.0 Å². The van der Waals surface area contributed by atoms with Crippen LogP contribution in [0.4, 0.5) is 0 Å². The molecule has 1 unspecified atom stereocenters. The molecule has 1 aromatic heterocycles. The van der Waals surface area contributed by atoms with Crippen LogP contribution in [0.25, 0.3) is 0 Å². The van der Waals surface area contributed by atoms with Gasteiger partial charge in [0.25, 0.3) is 0 Å². The second kappa shape index (κ2) is 4.57. The summed E-state index contributed by atoms with van der Waals surface area (Å²) in [5, 5.41) is 8.88. The molecule has 1 heterocycles. The summed E-state index contributed by atoms with van der Waals surface area (Å²) in [6, 6.07) is 1.22. The molecule has 0 aliphatic heterocycles. The molecular formula is C12H17NO4S2. The molecule has 7 heteroatoms. The Morgan fingerprint density at radius 1 is 1.58 bits per heavy atom. The lowest BCUT2D eigenvalue weighted by molar-refractivity contribution is 0.0702. The summed E-state index contributed by atoms with van der Waals surface area (Å²) in [5.74, 6) is -0.738. The lowest BCUT2D eigenvalue weighted by Crippen LogP contribution is -2.27. The number of aromatic carboxylic acids is 1. The highest BCUT2D eigenvalue weighted by molar-refractivity contribution is 7.89. The minimum Gasteiger partial charge on any atom is -0.477 e. The molecule has 0 spiro atoms. The average Bonchev–Trinajstić information content (AvgIpc) is 2.69. The summed E-state index contributed by atoms with van der Waals surface area (Å²) in [4.78, 5) is 11.5. The van der Waals surface area contributed by atoms with Crippen LogP contribution < -0.4 is 4.72 Å². The minimum absolute atomic E-state index is 0.0460. The monoisotopic (exact) mass is 303 g/mol. The van der Waals surface area contributed by atoms with Crippen molar-refractivity contribution < 1.29 is 18.3 Å². The molecule has 0 amide bonds. The number of aryl methyl sites for hydroxylation is 1. The van der Waals surface area contributed by atoms with Gasteiger partial charge in [-0.1, -0.05) is 13.8 Å². The SMILES string of the molecule is Cc1sc(C(=O)O)cc1S(=O)(=O)NCC1CC1(C)C. The van der Waals surface area contributed by atoms with E-state index >= 15 is 0 Å². The molecule has 1 fully saturated rings. The molecule has 0 aromatic carbocycles. The smallest absolute Gasteiger partial charge is 0.345 e. The van der Waals surface area contributed by atoms with Crippen LogP contribution in [0.2, 0.25) is 0 Å². The molecule has 106 valence electrons. The van der Waals surface area contributed by atoms with E-state index in [1.54, 1.807) is 6.92 Å². The number of rotatable bonds is 5. The summed E-state index contributed by atoms with van der Waals surface area (Å²) in [5.41, 5.74) is 0.207. The summed E-state index contributed by atoms with van der Waals surface area (Å²) in [6.07, 6.45) is 1.01. The fourth-order valence-electron chi connectivity index (χ4n) is 2.05. The maximum Gasteiger partial charge on any atom is 0.345 e. The normalized spacial score (nSPS) is 21.3. The van der Waals surface area contributed by atoms with Gasteiger partial charge in [0.05, 0.1) is 4.90 Å². The van der Waals surface area contributed by atoms with Crippen molar-refractivity contribution in [3.05, 3.63) is 15.8 Å². The molecule has 5 nitrogen and oxygen atoms in total. The molecule has 1 aromatic rings. The molecular weight excluding hydrogens is 286 g/mol. The van der Waals surface area contributed by atoms with Crippen molar-refractivity contribution in [3.8, 4) is 0 Å². The van der Waals surface area contributed by atoms with E-state index in [9.17, 15) is 13.2 Å². The van der Waals surface area contributed by atoms with Crippen molar-refractivity contribution in [1.82, 2.24) is 4.72 Å². The van der Waals surface area contributed by atoms with E-state index in [2.05, 4.69) is 18.6 Å².